The molecule has 0 unspecified atom stereocenters. The van der Waals surface area contributed by atoms with Crippen LogP contribution in [0.25, 0.3) is 38.9 Å². The molecule has 1 aliphatic carbocycles. The van der Waals surface area contributed by atoms with Gasteiger partial charge < -0.3 is 5.73 Å². The van der Waals surface area contributed by atoms with Crippen LogP contribution in [0.1, 0.15) is 37.1 Å². The minimum atomic E-state index is -0.265. The summed E-state index contributed by atoms with van der Waals surface area (Å²) in [5.41, 5.74) is 12.9. The summed E-state index contributed by atoms with van der Waals surface area (Å²) in [5.74, 6) is 0.552. The molecule has 2 N–H and O–H groups in total. The molecular weight excluding hydrogens is 413 g/mol. The smallest absolute Gasteiger partial charge is 0.170 e. The highest BCUT2D eigenvalue weighted by atomic mass is 19.1. The number of pyridine rings is 2. The van der Waals surface area contributed by atoms with Crippen LogP contribution in [0.2, 0.25) is 0 Å². The first-order chi connectivity index (χ1) is 16.0. The van der Waals surface area contributed by atoms with Crippen LogP contribution in [0.5, 0.6) is 0 Å². The highest BCUT2D eigenvalue weighted by molar-refractivity contribution is 5.98. The van der Waals surface area contributed by atoms with Crippen LogP contribution in [-0.2, 0) is 5.54 Å². The summed E-state index contributed by atoms with van der Waals surface area (Å²) in [5, 5.41) is 9.49. The summed E-state index contributed by atoms with van der Waals surface area (Å²) < 4.78 is 15.6. The van der Waals surface area contributed by atoms with E-state index in [1.54, 1.807) is 12.1 Å². The molecule has 164 valence electrons. The molecule has 3 heterocycles. The summed E-state index contributed by atoms with van der Waals surface area (Å²) in [6.45, 7) is 1.92. The molecule has 6 heteroatoms. The summed E-state index contributed by atoms with van der Waals surface area (Å²) in [4.78, 5) is 5.04. The molecule has 5 aromatic rings. The van der Waals surface area contributed by atoms with Gasteiger partial charge in [0.05, 0.1) is 11.2 Å². The van der Waals surface area contributed by atoms with Crippen molar-refractivity contribution in [3.63, 3.8) is 0 Å². The van der Waals surface area contributed by atoms with Crippen LogP contribution >= 0.6 is 0 Å². The fourth-order valence-corrected chi connectivity index (χ4v) is 5.03. The topological polar surface area (TPSA) is 69.1 Å². The Morgan fingerprint density at radius 2 is 1.61 bits per heavy atom. The Morgan fingerprint density at radius 3 is 2.33 bits per heavy atom. The third kappa shape index (κ3) is 3.29. The van der Waals surface area contributed by atoms with Crippen molar-refractivity contribution in [2.75, 3.05) is 0 Å². The molecule has 1 fully saturated rings. The number of nitrogens with zero attached hydrogens (tertiary/aromatic N) is 4. The Balaban J connectivity index is 1.56. The maximum Gasteiger partial charge on any atom is 0.170 e. The van der Waals surface area contributed by atoms with E-state index in [2.05, 4.69) is 40.5 Å². The van der Waals surface area contributed by atoms with Gasteiger partial charge in [0.25, 0.3) is 0 Å². The van der Waals surface area contributed by atoms with Crippen LogP contribution in [0.4, 0.5) is 4.39 Å². The molecule has 0 amide bonds. The Bertz CT molecular complexity index is 1480. The highest BCUT2D eigenvalue weighted by Gasteiger charge is 2.31. The third-order valence-corrected chi connectivity index (χ3v) is 6.92. The number of aryl methyl sites for hydroxylation is 1. The second kappa shape index (κ2) is 7.46. The number of fused-ring (bicyclic) bond motifs is 3. The molecule has 5 nitrogen and oxygen atoms in total. The fraction of sp³-hybridized carbons (Fsp3) is 0.222. The van der Waals surface area contributed by atoms with Crippen LogP contribution in [0, 0.1) is 12.7 Å². The van der Waals surface area contributed by atoms with Crippen molar-refractivity contribution >= 4 is 16.6 Å². The molecule has 2 aromatic carbocycles. The maximum atomic E-state index is 13.7. The van der Waals surface area contributed by atoms with Gasteiger partial charge >= 0.3 is 0 Å². The number of benzene rings is 2. The fourth-order valence-electron chi connectivity index (χ4n) is 5.03. The number of nitrogens with two attached hydrogens (primary N) is 1. The molecule has 6 rings (SSSR count). The quantitative estimate of drug-likeness (QED) is 0.388. The lowest BCUT2D eigenvalue weighted by atomic mass is 9.88. The summed E-state index contributed by atoms with van der Waals surface area (Å²) in [6.07, 6.45) is 6.35. The third-order valence-electron chi connectivity index (χ3n) is 6.92. The Kier molecular flexibility index (Phi) is 4.52. The first-order valence-corrected chi connectivity index (χ1v) is 11.3. The zero-order chi connectivity index (χ0) is 22.6. The minimum absolute atomic E-state index is 0.230. The molecule has 0 radical (unpaired) electrons. The predicted octanol–water partition coefficient (Wildman–Crippen LogP) is 5.79. The number of aromatic nitrogens is 4. The number of hydrogen-bond acceptors (Lipinski definition) is 4. The van der Waals surface area contributed by atoms with Crippen LogP contribution in [0.3, 0.4) is 0 Å². The first-order valence-electron chi connectivity index (χ1n) is 11.3. The standard InChI is InChI=1S/C27H24FN5/c1-17-31-32-26-23-16-22(18-6-10-21(28)11-7-18)25(30-24(23)12-15-33(17)26)19-4-8-20(9-5-19)27(29)13-2-3-14-27/h4-12,15-16H,2-3,13-14,29H2,1H3. The van der Waals surface area contributed by atoms with Crippen molar-refractivity contribution in [1.82, 2.24) is 19.6 Å². The van der Waals surface area contributed by atoms with Gasteiger partial charge in [-0.25, -0.2) is 9.37 Å². The monoisotopic (exact) mass is 437 g/mol. The molecule has 3 aromatic heterocycles. The molecule has 0 saturated heterocycles. The Hall–Kier alpha value is -3.64. The van der Waals surface area contributed by atoms with Gasteiger partial charge in [-0.15, -0.1) is 10.2 Å². The molecule has 0 atom stereocenters. The summed E-state index contributed by atoms with van der Waals surface area (Å²) in [7, 11) is 0. The summed E-state index contributed by atoms with van der Waals surface area (Å²) in [6, 6.07) is 19.1. The highest BCUT2D eigenvalue weighted by Crippen LogP contribution is 2.39. The van der Waals surface area contributed by atoms with Crippen molar-refractivity contribution in [1.29, 1.82) is 0 Å². The average Bonchev–Trinajstić information content (AvgIpc) is 3.45. The Labute approximate surface area is 191 Å². The van der Waals surface area contributed by atoms with Gasteiger partial charge in [-0.05, 0) is 55.2 Å². The van der Waals surface area contributed by atoms with Crippen LogP contribution in [-0.4, -0.2) is 19.6 Å². The molecular formula is C27H24FN5. The van der Waals surface area contributed by atoms with Gasteiger partial charge in [0.15, 0.2) is 5.65 Å². The van der Waals surface area contributed by atoms with Gasteiger partial charge in [-0.2, -0.15) is 0 Å². The second-order valence-corrected chi connectivity index (χ2v) is 9.02. The minimum Gasteiger partial charge on any atom is -0.321 e. The van der Waals surface area contributed by atoms with Crippen molar-refractivity contribution in [2.24, 2.45) is 5.73 Å². The molecule has 0 bridgehead atoms. The number of rotatable bonds is 3. The molecule has 0 spiro atoms. The van der Waals surface area contributed by atoms with E-state index in [0.29, 0.717) is 0 Å². The molecule has 1 saturated carbocycles. The van der Waals surface area contributed by atoms with E-state index >= 15 is 0 Å². The lowest BCUT2D eigenvalue weighted by Crippen LogP contribution is -2.32. The number of halogens is 1. The normalized spacial score (nSPS) is 15.5. The zero-order valence-corrected chi connectivity index (χ0v) is 18.4. The summed E-state index contributed by atoms with van der Waals surface area (Å²) >= 11 is 0. The van der Waals surface area contributed by atoms with E-state index in [1.165, 1.54) is 30.5 Å². The largest absolute Gasteiger partial charge is 0.321 e. The van der Waals surface area contributed by atoms with E-state index in [0.717, 1.165) is 57.6 Å². The van der Waals surface area contributed by atoms with Gasteiger partial charge in [0, 0.05) is 28.2 Å². The van der Waals surface area contributed by atoms with E-state index in [1.807, 2.05) is 23.6 Å². The van der Waals surface area contributed by atoms with E-state index in [-0.39, 0.29) is 11.4 Å². The Morgan fingerprint density at radius 1 is 0.909 bits per heavy atom. The van der Waals surface area contributed by atoms with Crippen molar-refractivity contribution in [3.05, 3.63) is 84.1 Å². The van der Waals surface area contributed by atoms with Crippen molar-refractivity contribution in [2.45, 2.75) is 38.1 Å². The van der Waals surface area contributed by atoms with Gasteiger partial charge in [0.2, 0.25) is 0 Å². The lowest BCUT2D eigenvalue weighted by Gasteiger charge is -2.24. The van der Waals surface area contributed by atoms with Gasteiger partial charge in [0.1, 0.15) is 11.6 Å². The first kappa shape index (κ1) is 20.0. The van der Waals surface area contributed by atoms with Crippen molar-refractivity contribution < 1.29 is 4.39 Å². The average molecular weight is 438 g/mol. The van der Waals surface area contributed by atoms with Crippen LogP contribution in [0.15, 0.2) is 66.9 Å². The van der Waals surface area contributed by atoms with Crippen molar-refractivity contribution in [3.8, 4) is 22.4 Å². The van der Waals surface area contributed by atoms with Gasteiger partial charge in [-0.1, -0.05) is 49.2 Å². The lowest BCUT2D eigenvalue weighted by molar-refractivity contribution is 0.462. The van der Waals surface area contributed by atoms with Gasteiger partial charge in [-0.3, -0.25) is 4.40 Å². The van der Waals surface area contributed by atoms with E-state index in [9.17, 15) is 4.39 Å². The van der Waals surface area contributed by atoms with E-state index < -0.39 is 0 Å². The second-order valence-electron chi connectivity index (χ2n) is 9.02. The predicted molar refractivity (Wildman–Crippen MR) is 128 cm³/mol. The molecule has 0 aliphatic heterocycles. The maximum absolute atomic E-state index is 13.7. The van der Waals surface area contributed by atoms with E-state index in [4.69, 9.17) is 10.7 Å². The SMILES string of the molecule is Cc1nnc2c3cc(-c4ccc(F)cc4)c(-c4ccc(C5(N)CCCC5)cc4)nc3ccn12. The van der Waals surface area contributed by atoms with Crippen LogP contribution < -0.4 is 5.73 Å². The molecule has 1 aliphatic rings. The number of hydrogen-bond donors (Lipinski definition) is 1. The zero-order valence-electron chi connectivity index (χ0n) is 18.4. The molecule has 33 heavy (non-hydrogen) atoms.